The van der Waals surface area contributed by atoms with Gasteiger partial charge in [0.25, 0.3) is 0 Å². The summed E-state index contributed by atoms with van der Waals surface area (Å²) in [4.78, 5) is 13.9. The molecule has 0 saturated carbocycles. The maximum absolute atomic E-state index is 11.9. The average Bonchev–Trinajstić information content (AvgIpc) is 2.72. The summed E-state index contributed by atoms with van der Waals surface area (Å²) >= 11 is 0. The maximum atomic E-state index is 11.9. The number of hydrogen-bond donors (Lipinski definition) is 1. The van der Waals surface area contributed by atoms with Crippen molar-refractivity contribution in [1.29, 1.82) is 0 Å². The Hall–Kier alpha value is -1.45. The van der Waals surface area contributed by atoms with Crippen LogP contribution in [0.1, 0.15) is 25.3 Å². The molecule has 94 valence electrons. The first-order valence-electron chi connectivity index (χ1n) is 6.29. The van der Waals surface area contributed by atoms with Crippen molar-refractivity contribution in [2.75, 3.05) is 13.1 Å². The number of aromatic nitrogens is 1. The molecule has 4 heteroatoms. The molecule has 1 aliphatic heterocycles. The van der Waals surface area contributed by atoms with Crippen molar-refractivity contribution in [2.24, 2.45) is 13.0 Å². The van der Waals surface area contributed by atoms with Gasteiger partial charge in [-0.15, -0.1) is 0 Å². The molecule has 0 radical (unpaired) electrons. The topological polar surface area (TPSA) is 37.3 Å². The summed E-state index contributed by atoms with van der Waals surface area (Å²) in [6.07, 6.45) is 6.38. The summed E-state index contributed by atoms with van der Waals surface area (Å²) in [6.45, 7) is 4.60. The fraction of sp³-hybridized carbons (Fsp3) is 0.615. The number of piperidine rings is 1. The number of likely N-dealkylation sites (tertiary alicyclic amines) is 1. The zero-order valence-electron chi connectivity index (χ0n) is 10.6. The molecule has 1 N–H and O–H groups in total. The van der Waals surface area contributed by atoms with Crippen LogP contribution in [0.15, 0.2) is 18.5 Å². The van der Waals surface area contributed by atoms with E-state index in [0.717, 1.165) is 25.1 Å². The van der Waals surface area contributed by atoms with Gasteiger partial charge < -0.3 is 14.8 Å². The Kier molecular flexibility index (Phi) is 3.71. The van der Waals surface area contributed by atoms with Gasteiger partial charge in [0.2, 0.25) is 0 Å². The zero-order chi connectivity index (χ0) is 12.3. The van der Waals surface area contributed by atoms with Crippen molar-refractivity contribution < 1.29 is 4.79 Å². The van der Waals surface area contributed by atoms with Crippen molar-refractivity contribution in [3.63, 3.8) is 0 Å². The predicted octanol–water partition coefficient (Wildman–Crippen LogP) is 1.97. The Bertz CT molecular complexity index is 386. The van der Waals surface area contributed by atoms with E-state index in [4.69, 9.17) is 0 Å². The van der Waals surface area contributed by atoms with E-state index in [1.165, 1.54) is 6.42 Å². The second-order valence-electron chi connectivity index (χ2n) is 5.04. The summed E-state index contributed by atoms with van der Waals surface area (Å²) in [5, 5.41) is 2.98. The lowest BCUT2D eigenvalue weighted by Crippen LogP contribution is -2.44. The molecule has 0 bridgehead atoms. The molecule has 0 aliphatic carbocycles. The number of nitrogens with one attached hydrogen (secondary N) is 1. The van der Waals surface area contributed by atoms with Crippen LogP contribution in [0, 0.1) is 5.92 Å². The van der Waals surface area contributed by atoms with Gasteiger partial charge in [0.05, 0.1) is 0 Å². The highest BCUT2D eigenvalue weighted by molar-refractivity contribution is 5.74. The molecular weight excluding hydrogens is 214 g/mol. The number of carbonyl (C=O) groups is 1. The largest absolute Gasteiger partial charge is 0.357 e. The number of rotatable bonds is 2. The van der Waals surface area contributed by atoms with Gasteiger partial charge in [0.15, 0.2) is 0 Å². The van der Waals surface area contributed by atoms with E-state index in [9.17, 15) is 4.79 Å². The fourth-order valence-corrected chi connectivity index (χ4v) is 2.33. The maximum Gasteiger partial charge on any atom is 0.317 e. The van der Waals surface area contributed by atoms with E-state index in [0.29, 0.717) is 12.5 Å². The predicted molar refractivity (Wildman–Crippen MR) is 67.6 cm³/mol. The minimum absolute atomic E-state index is 0.0698. The van der Waals surface area contributed by atoms with E-state index < -0.39 is 0 Å². The highest BCUT2D eigenvalue weighted by Crippen LogP contribution is 2.15. The Morgan fingerprint density at radius 2 is 2.41 bits per heavy atom. The quantitative estimate of drug-likeness (QED) is 0.836. The second-order valence-corrected chi connectivity index (χ2v) is 5.04. The van der Waals surface area contributed by atoms with Gasteiger partial charge in [-0.1, -0.05) is 6.92 Å². The lowest BCUT2D eigenvalue weighted by molar-refractivity contribution is 0.169. The van der Waals surface area contributed by atoms with Crippen molar-refractivity contribution in [1.82, 2.24) is 14.8 Å². The highest BCUT2D eigenvalue weighted by atomic mass is 16.2. The molecule has 2 heterocycles. The first-order valence-corrected chi connectivity index (χ1v) is 6.29. The van der Waals surface area contributed by atoms with Crippen LogP contribution in [-0.2, 0) is 13.6 Å². The first kappa shape index (κ1) is 12.0. The second kappa shape index (κ2) is 5.25. The lowest BCUT2D eigenvalue weighted by Gasteiger charge is -2.30. The minimum atomic E-state index is 0.0698. The first-order chi connectivity index (χ1) is 8.15. The van der Waals surface area contributed by atoms with E-state index >= 15 is 0 Å². The molecule has 2 rings (SSSR count). The summed E-state index contributed by atoms with van der Waals surface area (Å²) < 4.78 is 1.99. The minimum Gasteiger partial charge on any atom is -0.357 e. The van der Waals surface area contributed by atoms with E-state index in [1.807, 2.05) is 35.0 Å². The molecule has 2 amide bonds. The standard InChI is InChI=1S/C13H21N3O/c1-11-4-3-6-16(9-11)13(17)14-8-12-5-7-15(2)10-12/h5,7,10-11H,3-4,6,8-9H2,1-2H3,(H,14,17). The third-order valence-electron chi connectivity index (χ3n) is 3.28. The van der Waals surface area contributed by atoms with E-state index in [1.54, 1.807) is 0 Å². The molecule has 1 unspecified atom stereocenters. The summed E-state index contributed by atoms with van der Waals surface area (Å²) in [5.74, 6) is 0.631. The van der Waals surface area contributed by atoms with Crippen LogP contribution in [0.3, 0.4) is 0 Å². The molecule has 1 fully saturated rings. The van der Waals surface area contributed by atoms with Crippen LogP contribution in [0.25, 0.3) is 0 Å². The third kappa shape index (κ3) is 3.25. The van der Waals surface area contributed by atoms with Gasteiger partial charge in [0, 0.05) is 39.1 Å². The van der Waals surface area contributed by atoms with Crippen molar-refractivity contribution in [3.8, 4) is 0 Å². The van der Waals surface area contributed by atoms with Crippen LogP contribution in [0.5, 0.6) is 0 Å². The van der Waals surface area contributed by atoms with Crippen LogP contribution in [0.2, 0.25) is 0 Å². The van der Waals surface area contributed by atoms with Gasteiger partial charge in [0.1, 0.15) is 0 Å². The zero-order valence-corrected chi connectivity index (χ0v) is 10.6. The molecule has 1 saturated heterocycles. The number of urea groups is 1. The number of amides is 2. The van der Waals surface area contributed by atoms with Gasteiger partial charge >= 0.3 is 6.03 Å². The monoisotopic (exact) mass is 235 g/mol. The summed E-state index contributed by atoms with van der Waals surface area (Å²) in [6, 6.07) is 2.10. The molecule has 1 atom stereocenters. The Labute approximate surface area is 103 Å². The molecule has 1 aromatic heterocycles. The Morgan fingerprint density at radius 3 is 3.06 bits per heavy atom. The molecule has 17 heavy (non-hydrogen) atoms. The van der Waals surface area contributed by atoms with E-state index in [-0.39, 0.29) is 6.03 Å². The highest BCUT2D eigenvalue weighted by Gasteiger charge is 2.20. The SMILES string of the molecule is CC1CCCN(C(=O)NCc2ccn(C)c2)C1. The molecule has 1 aliphatic rings. The van der Waals surface area contributed by atoms with E-state index in [2.05, 4.69) is 12.2 Å². The molecular formula is C13H21N3O. The molecule has 0 aromatic carbocycles. The summed E-state index contributed by atoms with van der Waals surface area (Å²) in [5.41, 5.74) is 1.14. The normalized spacial score (nSPS) is 20.4. The van der Waals surface area contributed by atoms with Crippen LogP contribution >= 0.6 is 0 Å². The fourth-order valence-electron chi connectivity index (χ4n) is 2.33. The van der Waals surface area contributed by atoms with Crippen LogP contribution in [-0.4, -0.2) is 28.6 Å². The van der Waals surface area contributed by atoms with Gasteiger partial charge in [-0.3, -0.25) is 0 Å². The van der Waals surface area contributed by atoms with Gasteiger partial charge in [-0.05, 0) is 30.4 Å². The lowest BCUT2D eigenvalue weighted by atomic mass is 10.0. The Morgan fingerprint density at radius 1 is 1.59 bits per heavy atom. The molecule has 0 spiro atoms. The summed E-state index contributed by atoms with van der Waals surface area (Å²) in [7, 11) is 1.98. The number of aryl methyl sites for hydroxylation is 1. The smallest absolute Gasteiger partial charge is 0.317 e. The van der Waals surface area contributed by atoms with Gasteiger partial charge in [-0.25, -0.2) is 4.79 Å². The number of nitrogens with zero attached hydrogens (tertiary/aromatic N) is 2. The average molecular weight is 235 g/mol. The van der Waals surface area contributed by atoms with Crippen molar-refractivity contribution in [2.45, 2.75) is 26.3 Å². The van der Waals surface area contributed by atoms with Crippen molar-refractivity contribution >= 4 is 6.03 Å². The number of carbonyl (C=O) groups excluding carboxylic acids is 1. The number of hydrogen-bond acceptors (Lipinski definition) is 1. The third-order valence-corrected chi connectivity index (χ3v) is 3.28. The molecule has 1 aromatic rings. The van der Waals surface area contributed by atoms with Gasteiger partial charge in [-0.2, -0.15) is 0 Å². The Balaban J connectivity index is 1.80. The molecule has 4 nitrogen and oxygen atoms in total. The van der Waals surface area contributed by atoms with Crippen molar-refractivity contribution in [3.05, 3.63) is 24.0 Å². The van der Waals surface area contributed by atoms with Crippen LogP contribution < -0.4 is 5.32 Å². The van der Waals surface area contributed by atoms with Crippen LogP contribution in [0.4, 0.5) is 4.79 Å².